The topological polar surface area (TPSA) is 19.6 Å². The van der Waals surface area contributed by atoms with Crippen molar-refractivity contribution in [3.8, 4) is 0 Å². The van der Waals surface area contributed by atoms with Gasteiger partial charge in [-0.2, -0.15) is 0 Å². The third-order valence-corrected chi connectivity index (χ3v) is 16.8. The van der Waals surface area contributed by atoms with Gasteiger partial charge in [-0.1, -0.05) is 113 Å². The lowest BCUT2D eigenvalue weighted by Gasteiger charge is -2.43. The standard InChI is InChI=1S/C62H72N2O/c1-39-31-44(63(41-20-23-48-50(34-41)59(7,8)27-25-57(48,3)4)42-21-24-49-51(35-42)60(9,10)28-26-58(49,5)6)33-45(32-39)64(54-18-16-15-17-40(54)2)43-19-22-46-47-37-52-53(38-56(47)65-55(46)36-43)62(13,14)30-29-61(52,11)12/h15-24,31-38H,25-30H2,1-14H3. The van der Waals surface area contributed by atoms with E-state index in [1.165, 1.54) is 105 Å². The summed E-state index contributed by atoms with van der Waals surface area (Å²) in [6, 6.07) is 42.4. The summed E-state index contributed by atoms with van der Waals surface area (Å²) < 4.78 is 6.89. The summed E-state index contributed by atoms with van der Waals surface area (Å²) >= 11 is 0. The van der Waals surface area contributed by atoms with Crippen molar-refractivity contribution in [2.45, 2.75) is 168 Å². The van der Waals surface area contributed by atoms with E-state index < -0.39 is 0 Å². The van der Waals surface area contributed by atoms with Crippen LogP contribution in [0.15, 0.2) is 114 Å². The molecule has 0 saturated carbocycles. The van der Waals surface area contributed by atoms with Crippen molar-refractivity contribution in [2.24, 2.45) is 0 Å². The number of hydrogen-bond donors (Lipinski definition) is 0. The summed E-state index contributed by atoms with van der Waals surface area (Å²) in [4.78, 5) is 5.00. The lowest BCUT2D eigenvalue weighted by Crippen LogP contribution is -2.34. The van der Waals surface area contributed by atoms with E-state index in [1.54, 1.807) is 0 Å². The fourth-order valence-corrected chi connectivity index (χ4v) is 12.1. The first-order chi connectivity index (χ1) is 30.5. The maximum absolute atomic E-state index is 6.89. The molecule has 1 heterocycles. The predicted molar refractivity (Wildman–Crippen MR) is 278 cm³/mol. The fraction of sp³-hybridized carbons (Fsp3) is 0.419. The highest BCUT2D eigenvalue weighted by molar-refractivity contribution is 6.07. The van der Waals surface area contributed by atoms with Crippen molar-refractivity contribution < 1.29 is 4.42 Å². The van der Waals surface area contributed by atoms with Gasteiger partial charge >= 0.3 is 0 Å². The second-order valence-electron chi connectivity index (χ2n) is 24.4. The summed E-state index contributed by atoms with van der Waals surface area (Å²) in [6.07, 6.45) is 7.10. The molecule has 6 aromatic carbocycles. The molecule has 0 spiro atoms. The number of nitrogens with zero attached hydrogens (tertiary/aromatic N) is 2. The average Bonchev–Trinajstić information content (AvgIpc) is 3.61. The summed E-state index contributed by atoms with van der Waals surface area (Å²) in [5.74, 6) is 0. The van der Waals surface area contributed by atoms with Gasteiger partial charge in [0.25, 0.3) is 0 Å². The molecule has 3 nitrogen and oxygen atoms in total. The Balaban J connectivity index is 1.18. The highest BCUT2D eigenvalue weighted by atomic mass is 16.3. The number of para-hydroxylation sites is 1. The van der Waals surface area contributed by atoms with E-state index in [-0.39, 0.29) is 32.5 Å². The maximum atomic E-state index is 6.89. The molecule has 0 aliphatic heterocycles. The molecule has 0 atom stereocenters. The van der Waals surface area contributed by atoms with Crippen LogP contribution in [-0.4, -0.2) is 0 Å². The van der Waals surface area contributed by atoms with E-state index in [0.717, 1.165) is 33.9 Å². The molecule has 10 rings (SSSR count). The maximum Gasteiger partial charge on any atom is 0.137 e. The molecule has 3 heteroatoms. The summed E-state index contributed by atoms with van der Waals surface area (Å²) in [5.41, 5.74) is 20.7. The molecule has 0 saturated heterocycles. The molecule has 7 aromatic rings. The minimum Gasteiger partial charge on any atom is -0.456 e. The zero-order chi connectivity index (χ0) is 46.2. The highest BCUT2D eigenvalue weighted by Gasteiger charge is 2.41. The Morgan fingerprint density at radius 3 is 1.29 bits per heavy atom. The van der Waals surface area contributed by atoms with Crippen LogP contribution < -0.4 is 9.80 Å². The molecule has 3 aliphatic carbocycles. The normalized spacial score (nSPS) is 19.6. The predicted octanol–water partition coefficient (Wildman–Crippen LogP) is 18.2. The molecular weight excluding hydrogens is 789 g/mol. The molecule has 65 heavy (non-hydrogen) atoms. The number of aryl methyl sites for hydroxylation is 2. The highest BCUT2D eigenvalue weighted by Crippen LogP contribution is 2.53. The van der Waals surface area contributed by atoms with Gasteiger partial charge in [-0.15, -0.1) is 0 Å². The van der Waals surface area contributed by atoms with Gasteiger partial charge in [0.1, 0.15) is 11.2 Å². The smallest absolute Gasteiger partial charge is 0.137 e. The van der Waals surface area contributed by atoms with Crippen LogP contribution in [0.2, 0.25) is 0 Å². The second-order valence-corrected chi connectivity index (χ2v) is 24.4. The Morgan fingerprint density at radius 2 is 0.769 bits per heavy atom. The molecule has 336 valence electrons. The van der Waals surface area contributed by atoms with E-state index >= 15 is 0 Å². The first-order valence-corrected chi connectivity index (χ1v) is 24.5. The number of fused-ring (bicyclic) bond motifs is 6. The van der Waals surface area contributed by atoms with Gasteiger partial charge in [0.15, 0.2) is 0 Å². The Morgan fingerprint density at radius 1 is 0.354 bits per heavy atom. The molecule has 0 bridgehead atoms. The Labute approximate surface area is 390 Å². The van der Waals surface area contributed by atoms with Crippen LogP contribution in [0.5, 0.6) is 0 Å². The first kappa shape index (κ1) is 43.6. The van der Waals surface area contributed by atoms with Gasteiger partial charge in [0, 0.05) is 51.0 Å². The monoisotopic (exact) mass is 861 g/mol. The Kier molecular flexibility index (Phi) is 9.80. The van der Waals surface area contributed by atoms with Crippen molar-refractivity contribution in [3.05, 3.63) is 154 Å². The molecule has 0 unspecified atom stereocenters. The van der Waals surface area contributed by atoms with Gasteiger partial charge in [-0.25, -0.2) is 0 Å². The molecule has 1 aromatic heterocycles. The van der Waals surface area contributed by atoms with Crippen LogP contribution in [0.3, 0.4) is 0 Å². The van der Waals surface area contributed by atoms with E-state index in [9.17, 15) is 0 Å². The molecule has 0 N–H and O–H groups in total. The minimum atomic E-state index is 0.0782. The second kappa shape index (κ2) is 14.6. The lowest BCUT2D eigenvalue weighted by atomic mass is 9.63. The SMILES string of the molecule is Cc1cc(N(c2ccc3c(c2)C(C)(C)CCC3(C)C)c2ccc3c(c2)C(C)(C)CCC3(C)C)cc(N(c2ccc3c(c2)oc2cc4c(cc23)C(C)(C)CCC4(C)C)c2ccccc2C)c1. The van der Waals surface area contributed by atoms with Gasteiger partial charge in [0.2, 0.25) is 0 Å². The zero-order valence-electron chi connectivity index (χ0n) is 41.9. The van der Waals surface area contributed by atoms with E-state index in [2.05, 4.69) is 216 Å². The average molecular weight is 861 g/mol. The summed E-state index contributed by atoms with van der Waals surface area (Å²) in [7, 11) is 0. The van der Waals surface area contributed by atoms with Gasteiger partial charge in [-0.3, -0.25) is 0 Å². The van der Waals surface area contributed by atoms with E-state index in [1.807, 2.05) is 0 Å². The number of furan rings is 1. The quantitative estimate of drug-likeness (QED) is 0.166. The number of hydrogen-bond acceptors (Lipinski definition) is 3. The van der Waals surface area contributed by atoms with Crippen molar-refractivity contribution in [3.63, 3.8) is 0 Å². The Bertz CT molecular complexity index is 2960. The van der Waals surface area contributed by atoms with Crippen LogP contribution in [0.25, 0.3) is 21.9 Å². The van der Waals surface area contributed by atoms with E-state index in [4.69, 9.17) is 4.42 Å². The van der Waals surface area contributed by atoms with Crippen molar-refractivity contribution in [2.75, 3.05) is 9.80 Å². The van der Waals surface area contributed by atoms with Gasteiger partial charge in [-0.05, 0) is 202 Å². The number of rotatable bonds is 6. The van der Waals surface area contributed by atoms with Crippen LogP contribution in [0.4, 0.5) is 34.1 Å². The van der Waals surface area contributed by atoms with Crippen LogP contribution in [-0.2, 0) is 32.5 Å². The van der Waals surface area contributed by atoms with Crippen LogP contribution in [0.1, 0.15) is 166 Å². The third-order valence-electron chi connectivity index (χ3n) is 16.8. The molecule has 3 aliphatic rings. The molecule has 0 fully saturated rings. The number of benzene rings is 6. The lowest BCUT2D eigenvalue weighted by molar-refractivity contribution is 0.332. The third kappa shape index (κ3) is 7.22. The molecule has 0 amide bonds. The number of anilines is 6. The van der Waals surface area contributed by atoms with Gasteiger partial charge < -0.3 is 14.2 Å². The van der Waals surface area contributed by atoms with Crippen molar-refractivity contribution in [1.29, 1.82) is 0 Å². The first-order valence-electron chi connectivity index (χ1n) is 24.5. The summed E-state index contributed by atoms with van der Waals surface area (Å²) in [5, 5.41) is 2.38. The minimum absolute atomic E-state index is 0.0782. The molecule has 0 radical (unpaired) electrons. The largest absolute Gasteiger partial charge is 0.456 e. The van der Waals surface area contributed by atoms with E-state index in [0.29, 0.717) is 0 Å². The molecular formula is C62H72N2O. The van der Waals surface area contributed by atoms with Crippen LogP contribution >= 0.6 is 0 Å². The van der Waals surface area contributed by atoms with Gasteiger partial charge in [0.05, 0.1) is 0 Å². The zero-order valence-corrected chi connectivity index (χ0v) is 41.9. The van der Waals surface area contributed by atoms with Crippen molar-refractivity contribution >= 4 is 56.1 Å². The fourth-order valence-electron chi connectivity index (χ4n) is 12.1. The van der Waals surface area contributed by atoms with Crippen LogP contribution in [0, 0.1) is 13.8 Å². The summed E-state index contributed by atoms with van der Waals surface area (Å²) in [6.45, 7) is 33.6. The van der Waals surface area contributed by atoms with Crippen molar-refractivity contribution in [1.82, 2.24) is 0 Å². The Hall–Kier alpha value is -5.28.